The van der Waals surface area contributed by atoms with Gasteiger partial charge < -0.3 is 10.4 Å². The number of hydrogen-bond acceptors (Lipinski definition) is 3. The fourth-order valence-corrected chi connectivity index (χ4v) is 1.91. The second-order valence-electron chi connectivity index (χ2n) is 4.13. The fourth-order valence-electron chi connectivity index (χ4n) is 1.91. The lowest BCUT2D eigenvalue weighted by Gasteiger charge is -2.18. The molecule has 0 aliphatic rings. The zero-order valence-electron chi connectivity index (χ0n) is 10.3. The molecular formula is C15H18N2O. The molecule has 18 heavy (non-hydrogen) atoms. The quantitative estimate of drug-likeness (QED) is 0.763. The largest absolute Gasteiger partial charge is 0.396 e. The Kier molecular flexibility index (Phi) is 4.88. The van der Waals surface area contributed by atoms with Crippen LogP contribution in [0, 0.1) is 0 Å². The lowest BCUT2D eigenvalue weighted by atomic mass is 10.0. The Hall–Kier alpha value is -1.71. The number of rotatable bonds is 6. The molecule has 0 saturated carbocycles. The van der Waals surface area contributed by atoms with Gasteiger partial charge in [0.05, 0.1) is 11.7 Å². The van der Waals surface area contributed by atoms with Crippen LogP contribution in [0.25, 0.3) is 0 Å². The maximum atomic E-state index is 8.86. The molecule has 0 aliphatic carbocycles. The maximum Gasteiger partial charge on any atom is 0.0751 e. The molecule has 3 heteroatoms. The molecule has 2 N–H and O–H groups in total. The van der Waals surface area contributed by atoms with Crippen LogP contribution < -0.4 is 5.32 Å². The predicted octanol–water partition coefficient (Wildman–Crippen LogP) is 2.14. The smallest absolute Gasteiger partial charge is 0.0751 e. The summed E-state index contributed by atoms with van der Waals surface area (Å²) in [6.07, 6.45) is 2.55. The second kappa shape index (κ2) is 6.89. The number of aliphatic hydroxyl groups is 1. The average Bonchev–Trinajstić information content (AvgIpc) is 2.46. The van der Waals surface area contributed by atoms with Gasteiger partial charge in [0.1, 0.15) is 0 Å². The number of aliphatic hydroxyl groups excluding tert-OH is 1. The molecule has 2 rings (SSSR count). The van der Waals surface area contributed by atoms with E-state index in [1.165, 1.54) is 5.56 Å². The van der Waals surface area contributed by atoms with Crippen molar-refractivity contribution >= 4 is 0 Å². The molecule has 0 radical (unpaired) electrons. The number of aromatic nitrogens is 1. The Balaban J connectivity index is 2.18. The standard InChI is InChI=1S/C15H18N2O/c18-12-6-11-17-15(13-7-2-1-3-8-13)14-9-4-5-10-16-14/h1-5,7-10,15,17-18H,6,11-12H2/t15-/m1/s1. The molecule has 0 bridgehead atoms. The predicted molar refractivity (Wildman–Crippen MR) is 72.2 cm³/mol. The van der Waals surface area contributed by atoms with Gasteiger partial charge in [-0.25, -0.2) is 0 Å². The number of pyridine rings is 1. The van der Waals surface area contributed by atoms with Crippen molar-refractivity contribution in [3.05, 3.63) is 66.0 Å². The van der Waals surface area contributed by atoms with Gasteiger partial charge in [-0.05, 0) is 30.7 Å². The van der Waals surface area contributed by atoms with Crippen molar-refractivity contribution < 1.29 is 5.11 Å². The third-order valence-corrected chi connectivity index (χ3v) is 2.80. The molecule has 0 saturated heterocycles. The topological polar surface area (TPSA) is 45.1 Å². The van der Waals surface area contributed by atoms with E-state index < -0.39 is 0 Å². The number of hydrogen-bond donors (Lipinski definition) is 2. The van der Waals surface area contributed by atoms with Crippen LogP contribution >= 0.6 is 0 Å². The van der Waals surface area contributed by atoms with E-state index in [0.29, 0.717) is 0 Å². The molecule has 2 aromatic rings. The van der Waals surface area contributed by atoms with Gasteiger partial charge in [0, 0.05) is 12.8 Å². The molecule has 3 nitrogen and oxygen atoms in total. The van der Waals surface area contributed by atoms with Crippen LogP contribution in [0.15, 0.2) is 54.7 Å². The van der Waals surface area contributed by atoms with Crippen LogP contribution in [0.5, 0.6) is 0 Å². The van der Waals surface area contributed by atoms with Crippen molar-refractivity contribution in [2.24, 2.45) is 0 Å². The number of nitrogens with one attached hydrogen (secondary N) is 1. The van der Waals surface area contributed by atoms with Crippen molar-refractivity contribution in [1.82, 2.24) is 10.3 Å². The lowest BCUT2D eigenvalue weighted by molar-refractivity contribution is 0.284. The minimum absolute atomic E-state index is 0.0824. The van der Waals surface area contributed by atoms with Gasteiger partial charge in [-0.1, -0.05) is 36.4 Å². The summed E-state index contributed by atoms with van der Waals surface area (Å²) in [6, 6.07) is 16.2. The van der Waals surface area contributed by atoms with Crippen LogP contribution in [-0.4, -0.2) is 23.2 Å². The van der Waals surface area contributed by atoms with Gasteiger partial charge in [0.2, 0.25) is 0 Å². The van der Waals surface area contributed by atoms with Crippen molar-refractivity contribution in [1.29, 1.82) is 0 Å². The van der Waals surface area contributed by atoms with Crippen LogP contribution in [0.1, 0.15) is 23.7 Å². The molecule has 1 atom stereocenters. The molecule has 0 aliphatic heterocycles. The van der Waals surface area contributed by atoms with E-state index >= 15 is 0 Å². The van der Waals surface area contributed by atoms with Gasteiger partial charge in [-0.2, -0.15) is 0 Å². The van der Waals surface area contributed by atoms with Crippen molar-refractivity contribution in [3.63, 3.8) is 0 Å². The highest BCUT2D eigenvalue weighted by Gasteiger charge is 2.13. The fraction of sp³-hybridized carbons (Fsp3) is 0.267. The molecule has 1 heterocycles. The van der Waals surface area contributed by atoms with E-state index in [1.807, 2.05) is 36.4 Å². The van der Waals surface area contributed by atoms with Gasteiger partial charge >= 0.3 is 0 Å². The third-order valence-electron chi connectivity index (χ3n) is 2.80. The summed E-state index contributed by atoms with van der Waals surface area (Å²) in [5.74, 6) is 0. The SMILES string of the molecule is OCCCN[C@H](c1ccccc1)c1ccccn1. The molecule has 1 aromatic heterocycles. The van der Waals surface area contributed by atoms with Crippen molar-refractivity contribution in [3.8, 4) is 0 Å². The summed E-state index contributed by atoms with van der Waals surface area (Å²) in [5, 5.41) is 12.3. The van der Waals surface area contributed by atoms with Crippen LogP contribution in [-0.2, 0) is 0 Å². The Morgan fingerprint density at radius 1 is 1.06 bits per heavy atom. The van der Waals surface area contributed by atoms with E-state index in [1.54, 1.807) is 6.20 Å². The Labute approximate surface area is 108 Å². The van der Waals surface area contributed by atoms with Gasteiger partial charge in [-0.15, -0.1) is 0 Å². The second-order valence-corrected chi connectivity index (χ2v) is 4.13. The summed E-state index contributed by atoms with van der Waals surface area (Å²) in [6.45, 7) is 0.976. The van der Waals surface area contributed by atoms with E-state index in [4.69, 9.17) is 5.11 Å². The summed E-state index contributed by atoms with van der Waals surface area (Å²) in [5.41, 5.74) is 2.19. The van der Waals surface area contributed by atoms with Crippen molar-refractivity contribution in [2.75, 3.05) is 13.2 Å². The third kappa shape index (κ3) is 3.39. The van der Waals surface area contributed by atoms with Gasteiger partial charge in [0.15, 0.2) is 0 Å². The molecule has 0 amide bonds. The van der Waals surface area contributed by atoms with Crippen molar-refractivity contribution in [2.45, 2.75) is 12.5 Å². The normalized spacial score (nSPS) is 12.3. The first-order valence-corrected chi connectivity index (χ1v) is 6.22. The van der Waals surface area contributed by atoms with E-state index in [-0.39, 0.29) is 12.6 Å². The minimum atomic E-state index is 0.0824. The molecule has 0 fully saturated rings. The Morgan fingerprint density at radius 3 is 2.50 bits per heavy atom. The first kappa shape index (κ1) is 12.7. The molecule has 0 spiro atoms. The highest BCUT2D eigenvalue weighted by Crippen LogP contribution is 2.19. The Morgan fingerprint density at radius 2 is 1.83 bits per heavy atom. The molecular weight excluding hydrogens is 224 g/mol. The molecule has 1 aromatic carbocycles. The Bertz CT molecular complexity index is 405. The summed E-state index contributed by atoms with van der Waals surface area (Å²) < 4.78 is 0. The van der Waals surface area contributed by atoms with E-state index in [2.05, 4.69) is 22.4 Å². The lowest BCUT2D eigenvalue weighted by Crippen LogP contribution is -2.24. The minimum Gasteiger partial charge on any atom is -0.396 e. The first-order valence-electron chi connectivity index (χ1n) is 6.22. The van der Waals surface area contributed by atoms with E-state index in [9.17, 15) is 0 Å². The summed E-state index contributed by atoms with van der Waals surface area (Å²) in [7, 11) is 0. The van der Waals surface area contributed by atoms with E-state index in [0.717, 1.165) is 18.7 Å². The van der Waals surface area contributed by atoms with Crippen LogP contribution in [0.4, 0.5) is 0 Å². The average molecular weight is 242 g/mol. The highest BCUT2D eigenvalue weighted by molar-refractivity contribution is 5.27. The molecule has 0 unspecified atom stereocenters. The first-order chi connectivity index (χ1) is 8.92. The zero-order valence-corrected chi connectivity index (χ0v) is 10.3. The highest BCUT2D eigenvalue weighted by atomic mass is 16.3. The van der Waals surface area contributed by atoms with Crippen LogP contribution in [0.2, 0.25) is 0 Å². The van der Waals surface area contributed by atoms with Crippen LogP contribution in [0.3, 0.4) is 0 Å². The zero-order chi connectivity index (χ0) is 12.6. The number of benzene rings is 1. The maximum absolute atomic E-state index is 8.86. The van der Waals surface area contributed by atoms with Gasteiger partial charge in [-0.3, -0.25) is 4.98 Å². The number of nitrogens with zero attached hydrogens (tertiary/aromatic N) is 1. The van der Waals surface area contributed by atoms with Gasteiger partial charge in [0.25, 0.3) is 0 Å². The monoisotopic (exact) mass is 242 g/mol. The summed E-state index contributed by atoms with van der Waals surface area (Å²) in [4.78, 5) is 4.41. The molecule has 94 valence electrons. The summed E-state index contributed by atoms with van der Waals surface area (Å²) >= 11 is 0.